The van der Waals surface area contributed by atoms with Gasteiger partial charge in [-0.1, -0.05) is 30.8 Å². The topological polar surface area (TPSA) is 65.6 Å². The zero-order valence-electron chi connectivity index (χ0n) is 16.5. The molecule has 142 valence electrons. The number of aryl methyl sites for hydroxylation is 2. The number of hydrogen-bond acceptors (Lipinski definition) is 5. The summed E-state index contributed by atoms with van der Waals surface area (Å²) < 4.78 is 3.92. The summed E-state index contributed by atoms with van der Waals surface area (Å²) in [7, 11) is 0. The van der Waals surface area contributed by atoms with Crippen LogP contribution in [-0.4, -0.2) is 36.3 Å². The van der Waals surface area contributed by atoms with Gasteiger partial charge in [0.1, 0.15) is 0 Å². The van der Waals surface area contributed by atoms with E-state index in [9.17, 15) is 4.79 Å². The predicted molar refractivity (Wildman–Crippen MR) is 108 cm³/mol. The van der Waals surface area contributed by atoms with Crippen LogP contribution < -0.4 is 0 Å². The molecule has 2 heterocycles. The van der Waals surface area contributed by atoms with Crippen LogP contribution in [0.5, 0.6) is 0 Å². The van der Waals surface area contributed by atoms with E-state index in [4.69, 9.17) is 0 Å². The maximum absolute atomic E-state index is 12.8. The average Bonchev–Trinajstić information content (AvgIpc) is 3.22. The van der Waals surface area contributed by atoms with Crippen molar-refractivity contribution in [2.45, 2.75) is 52.7 Å². The number of hydrogen-bond donors (Lipinski definition) is 0. The highest BCUT2D eigenvalue weighted by atomic mass is 32.2. The molecule has 0 radical (unpaired) electrons. The first kappa shape index (κ1) is 19.4. The number of rotatable bonds is 7. The molecule has 0 bridgehead atoms. The Labute approximate surface area is 164 Å². The van der Waals surface area contributed by atoms with Crippen LogP contribution in [-0.2, 0) is 6.54 Å². The minimum Gasteiger partial charge on any atom is -0.348 e. The van der Waals surface area contributed by atoms with Gasteiger partial charge in [-0.2, -0.15) is 4.68 Å². The van der Waals surface area contributed by atoms with Gasteiger partial charge in [-0.25, -0.2) is 0 Å². The molecule has 1 aromatic carbocycles. The van der Waals surface area contributed by atoms with Crippen molar-refractivity contribution in [1.29, 1.82) is 0 Å². The molecule has 3 rings (SSSR count). The molecule has 0 saturated carbocycles. The first-order valence-electron chi connectivity index (χ1n) is 9.11. The summed E-state index contributed by atoms with van der Waals surface area (Å²) in [6.07, 6.45) is 1.04. The number of carbonyl (C=O) groups excluding carboxylic acids is 1. The van der Waals surface area contributed by atoms with Crippen molar-refractivity contribution in [2.24, 2.45) is 0 Å². The molecule has 0 atom stereocenters. The van der Waals surface area contributed by atoms with Gasteiger partial charge in [-0.3, -0.25) is 4.79 Å². The Bertz CT molecular complexity index is 973. The van der Waals surface area contributed by atoms with Gasteiger partial charge in [0.2, 0.25) is 5.16 Å². The molecule has 0 saturated heterocycles. The van der Waals surface area contributed by atoms with Crippen molar-refractivity contribution in [1.82, 2.24) is 24.8 Å². The summed E-state index contributed by atoms with van der Waals surface area (Å²) in [5.74, 6) is 0.410. The van der Waals surface area contributed by atoms with Crippen LogP contribution >= 0.6 is 11.8 Å². The molecule has 0 aliphatic carbocycles. The SMILES string of the molecule is CCCn1c(C)cc(C(=O)CSc2nnnn2-c2cccc(C)c2C)c1C. The molecule has 27 heavy (non-hydrogen) atoms. The Kier molecular flexibility index (Phi) is 5.79. The number of Topliss-reactive ketones (excluding diaryl/α,β-unsaturated/α-hetero) is 1. The average molecular weight is 384 g/mol. The maximum Gasteiger partial charge on any atom is 0.214 e. The first-order chi connectivity index (χ1) is 12.9. The summed E-state index contributed by atoms with van der Waals surface area (Å²) in [5, 5.41) is 12.7. The van der Waals surface area contributed by atoms with Crippen molar-refractivity contribution >= 4 is 17.5 Å². The van der Waals surface area contributed by atoms with Gasteiger partial charge in [0, 0.05) is 23.5 Å². The predicted octanol–water partition coefficient (Wildman–Crippen LogP) is 4.08. The molecular formula is C20H25N5OS. The van der Waals surface area contributed by atoms with E-state index < -0.39 is 0 Å². The highest BCUT2D eigenvalue weighted by Gasteiger charge is 2.18. The van der Waals surface area contributed by atoms with Crippen LogP contribution in [0.2, 0.25) is 0 Å². The fourth-order valence-electron chi connectivity index (χ4n) is 3.24. The van der Waals surface area contributed by atoms with Crippen molar-refractivity contribution in [2.75, 3.05) is 5.75 Å². The zero-order chi connectivity index (χ0) is 19.6. The van der Waals surface area contributed by atoms with Crippen molar-refractivity contribution in [3.05, 3.63) is 52.3 Å². The van der Waals surface area contributed by atoms with Crippen LogP contribution in [0.1, 0.15) is 46.2 Å². The largest absolute Gasteiger partial charge is 0.348 e. The monoisotopic (exact) mass is 383 g/mol. The lowest BCUT2D eigenvalue weighted by molar-refractivity contribution is 0.102. The summed E-state index contributed by atoms with van der Waals surface area (Å²) in [6.45, 7) is 11.3. The summed E-state index contributed by atoms with van der Waals surface area (Å²) >= 11 is 1.37. The minimum absolute atomic E-state index is 0.103. The molecule has 0 N–H and O–H groups in total. The Balaban J connectivity index is 1.79. The maximum atomic E-state index is 12.8. The van der Waals surface area contributed by atoms with E-state index in [-0.39, 0.29) is 5.78 Å². The van der Waals surface area contributed by atoms with Crippen LogP contribution in [0.25, 0.3) is 5.69 Å². The fourth-order valence-corrected chi connectivity index (χ4v) is 4.01. The molecule has 2 aromatic heterocycles. The van der Waals surface area contributed by atoms with Crippen molar-refractivity contribution in [3.63, 3.8) is 0 Å². The Morgan fingerprint density at radius 1 is 1.19 bits per heavy atom. The molecule has 0 aliphatic heterocycles. The molecule has 0 spiro atoms. The van der Waals surface area contributed by atoms with Gasteiger partial charge in [-0.05, 0) is 67.8 Å². The van der Waals surface area contributed by atoms with Gasteiger partial charge in [0.15, 0.2) is 5.78 Å². The third-order valence-electron chi connectivity index (χ3n) is 4.90. The van der Waals surface area contributed by atoms with E-state index in [2.05, 4.69) is 46.9 Å². The third-order valence-corrected chi connectivity index (χ3v) is 5.82. The first-order valence-corrected chi connectivity index (χ1v) is 10.1. The van der Waals surface area contributed by atoms with Crippen LogP contribution in [0, 0.1) is 27.7 Å². The summed E-state index contributed by atoms with van der Waals surface area (Å²) in [6, 6.07) is 8.03. The van der Waals surface area contributed by atoms with Gasteiger partial charge in [-0.15, -0.1) is 5.10 Å². The van der Waals surface area contributed by atoms with E-state index in [1.165, 1.54) is 17.3 Å². The van der Waals surface area contributed by atoms with E-state index in [0.717, 1.165) is 41.2 Å². The van der Waals surface area contributed by atoms with E-state index in [1.54, 1.807) is 4.68 Å². The fraction of sp³-hybridized carbons (Fsp3) is 0.400. The van der Waals surface area contributed by atoms with E-state index >= 15 is 0 Å². The lowest BCUT2D eigenvalue weighted by Crippen LogP contribution is -2.08. The minimum atomic E-state index is 0.103. The van der Waals surface area contributed by atoms with Gasteiger partial charge >= 0.3 is 0 Å². The standard InChI is InChI=1S/C20H25N5OS/c1-6-10-24-14(3)11-17(16(24)5)19(26)12-27-20-21-22-23-25(20)18-9-7-8-13(2)15(18)4/h7-9,11H,6,10,12H2,1-5H3. The highest BCUT2D eigenvalue weighted by molar-refractivity contribution is 7.99. The second-order valence-corrected chi connectivity index (χ2v) is 7.68. The molecule has 6 nitrogen and oxygen atoms in total. The van der Waals surface area contributed by atoms with E-state index in [0.29, 0.717) is 10.9 Å². The van der Waals surface area contributed by atoms with Gasteiger partial charge in [0.05, 0.1) is 11.4 Å². The molecule has 7 heteroatoms. The molecule has 0 fully saturated rings. The Morgan fingerprint density at radius 3 is 2.70 bits per heavy atom. The normalized spacial score (nSPS) is 11.1. The Hall–Kier alpha value is -2.41. The van der Waals surface area contributed by atoms with Crippen molar-refractivity contribution < 1.29 is 4.79 Å². The summed E-state index contributed by atoms with van der Waals surface area (Å²) in [4.78, 5) is 12.8. The number of aromatic nitrogens is 5. The molecule has 0 amide bonds. The lowest BCUT2D eigenvalue weighted by atomic mass is 10.1. The molecule has 3 aromatic rings. The highest BCUT2D eigenvalue weighted by Crippen LogP contribution is 2.24. The smallest absolute Gasteiger partial charge is 0.214 e. The molecule has 0 aliphatic rings. The van der Waals surface area contributed by atoms with Crippen LogP contribution in [0.3, 0.4) is 0 Å². The number of thioether (sulfide) groups is 1. The van der Waals surface area contributed by atoms with Crippen molar-refractivity contribution in [3.8, 4) is 5.69 Å². The lowest BCUT2D eigenvalue weighted by Gasteiger charge is -2.09. The molecular weight excluding hydrogens is 358 g/mol. The second kappa shape index (κ2) is 8.08. The zero-order valence-corrected chi connectivity index (χ0v) is 17.3. The van der Waals surface area contributed by atoms with Crippen LogP contribution in [0.4, 0.5) is 0 Å². The second-order valence-electron chi connectivity index (χ2n) is 6.74. The summed E-state index contributed by atoms with van der Waals surface area (Å²) in [5.41, 5.74) is 6.20. The third kappa shape index (κ3) is 3.83. The number of tetrazole rings is 1. The number of nitrogens with zero attached hydrogens (tertiary/aromatic N) is 5. The number of benzene rings is 1. The van der Waals surface area contributed by atoms with Gasteiger partial charge < -0.3 is 4.57 Å². The Morgan fingerprint density at radius 2 is 1.96 bits per heavy atom. The van der Waals surface area contributed by atoms with Crippen LogP contribution in [0.15, 0.2) is 29.4 Å². The molecule has 0 unspecified atom stereocenters. The number of ketones is 1. The van der Waals surface area contributed by atoms with E-state index in [1.807, 2.05) is 32.0 Å². The number of carbonyl (C=O) groups is 1. The van der Waals surface area contributed by atoms with Gasteiger partial charge in [0.25, 0.3) is 0 Å². The quantitative estimate of drug-likeness (QED) is 0.454.